The van der Waals surface area contributed by atoms with Gasteiger partial charge in [-0.15, -0.1) is 22.0 Å². The van der Waals surface area contributed by atoms with Crippen LogP contribution in [0.2, 0.25) is 0 Å². The number of amides is 1. The lowest BCUT2D eigenvalue weighted by Crippen LogP contribution is -2.40. The molecule has 5 rings (SSSR count). The van der Waals surface area contributed by atoms with Crippen LogP contribution >= 0.6 is 11.8 Å². The highest BCUT2D eigenvalue weighted by atomic mass is 32.2. The van der Waals surface area contributed by atoms with Gasteiger partial charge in [-0.05, 0) is 46.5 Å². The Bertz CT molecular complexity index is 1370. The Labute approximate surface area is 206 Å². The Balaban J connectivity index is 1.46. The van der Waals surface area contributed by atoms with Crippen molar-refractivity contribution in [3.8, 4) is 22.5 Å². The number of carbonyl (C=O) groups is 2. The van der Waals surface area contributed by atoms with Crippen molar-refractivity contribution >= 4 is 29.3 Å². The van der Waals surface area contributed by atoms with Gasteiger partial charge in [0.25, 0.3) is 0 Å². The lowest BCUT2D eigenvalue weighted by Gasteiger charge is -2.34. The number of hydrogen-bond donors (Lipinski definition) is 2. The first-order chi connectivity index (χ1) is 17.0. The number of aromatic amines is 1. The largest absolute Gasteiger partial charge is 0.478 e. The number of carboxylic acids is 1. The molecule has 176 valence electrons. The average molecular weight is 486 g/mol. The Kier molecular flexibility index (Phi) is 6.33. The summed E-state index contributed by atoms with van der Waals surface area (Å²) in [6.45, 7) is 2.43. The normalized spacial score (nSPS) is 15.2. The molecule has 8 nitrogen and oxygen atoms in total. The van der Waals surface area contributed by atoms with Crippen molar-refractivity contribution < 1.29 is 14.7 Å². The number of H-pyrrole nitrogens is 1. The maximum atomic E-state index is 13.4. The molecule has 1 aromatic heterocycles. The molecule has 2 N–H and O–H groups in total. The molecule has 1 aliphatic heterocycles. The van der Waals surface area contributed by atoms with E-state index >= 15 is 0 Å². The van der Waals surface area contributed by atoms with Crippen molar-refractivity contribution in [3.05, 3.63) is 77.9 Å². The van der Waals surface area contributed by atoms with E-state index in [0.717, 1.165) is 40.0 Å². The van der Waals surface area contributed by atoms with Crippen LogP contribution in [0.1, 0.15) is 35.7 Å². The van der Waals surface area contributed by atoms with Crippen molar-refractivity contribution in [1.82, 2.24) is 20.6 Å². The van der Waals surface area contributed by atoms with E-state index in [2.05, 4.69) is 27.5 Å². The number of benzene rings is 3. The number of rotatable bonds is 7. The van der Waals surface area contributed by atoms with E-state index < -0.39 is 5.97 Å². The molecule has 0 aliphatic carbocycles. The highest BCUT2D eigenvalue weighted by Crippen LogP contribution is 2.42. The van der Waals surface area contributed by atoms with Gasteiger partial charge in [-0.2, -0.15) is 5.21 Å². The number of tetrazole rings is 1. The zero-order chi connectivity index (χ0) is 24.4. The number of aromatic nitrogens is 4. The molecule has 1 unspecified atom stereocenters. The van der Waals surface area contributed by atoms with Crippen LogP contribution < -0.4 is 4.90 Å². The number of carboxylic acid groups (broad SMARTS) is 1. The van der Waals surface area contributed by atoms with E-state index in [1.54, 1.807) is 17.0 Å². The van der Waals surface area contributed by atoms with Crippen molar-refractivity contribution in [2.24, 2.45) is 0 Å². The Morgan fingerprint density at radius 1 is 1.09 bits per heavy atom. The zero-order valence-corrected chi connectivity index (χ0v) is 19.8. The van der Waals surface area contributed by atoms with Crippen molar-refractivity contribution in [2.45, 2.75) is 36.5 Å². The summed E-state index contributed by atoms with van der Waals surface area (Å²) in [6.07, 6.45) is 1.67. The predicted octanol–water partition coefficient (Wildman–Crippen LogP) is 5.04. The molecule has 2 heterocycles. The van der Waals surface area contributed by atoms with Crippen LogP contribution in [0, 0.1) is 0 Å². The van der Waals surface area contributed by atoms with E-state index in [4.69, 9.17) is 0 Å². The third-order valence-electron chi connectivity index (χ3n) is 5.98. The summed E-state index contributed by atoms with van der Waals surface area (Å²) >= 11 is 1.52. The van der Waals surface area contributed by atoms with Gasteiger partial charge >= 0.3 is 5.97 Å². The summed E-state index contributed by atoms with van der Waals surface area (Å²) in [6, 6.07) is 20.9. The van der Waals surface area contributed by atoms with Crippen molar-refractivity contribution in [2.75, 3.05) is 4.90 Å². The lowest BCUT2D eigenvalue weighted by atomic mass is 9.98. The first-order valence-electron chi connectivity index (χ1n) is 11.3. The standard InChI is InChI=1S/C26H23N5O3S/c1-2-5-23-25(32)31(21-14-18(26(33)34)12-13-22(21)35-23)15-16-8-10-17(11-9-16)19-6-3-4-7-20(19)24-27-29-30-28-24/h3-4,6-14,23H,2,5,15H2,1H3,(H,33,34)(H,27,28,29,30). The molecular formula is C26H23N5O3S. The van der Waals surface area contributed by atoms with Crippen LogP contribution in [-0.4, -0.2) is 42.9 Å². The van der Waals surface area contributed by atoms with Gasteiger partial charge in [0, 0.05) is 10.5 Å². The summed E-state index contributed by atoms with van der Waals surface area (Å²) in [4.78, 5) is 27.6. The number of anilines is 1. The van der Waals surface area contributed by atoms with Crippen molar-refractivity contribution in [3.63, 3.8) is 0 Å². The number of nitrogens with zero attached hydrogens (tertiary/aromatic N) is 4. The van der Waals surface area contributed by atoms with Gasteiger partial charge in [0.15, 0.2) is 0 Å². The zero-order valence-electron chi connectivity index (χ0n) is 19.0. The molecule has 1 atom stereocenters. The summed E-state index contributed by atoms with van der Waals surface area (Å²) in [5, 5.41) is 23.7. The number of fused-ring (bicyclic) bond motifs is 1. The number of thioether (sulfide) groups is 1. The van der Waals surface area contributed by atoms with Gasteiger partial charge in [0.05, 0.1) is 23.0 Å². The number of nitrogens with one attached hydrogen (secondary N) is 1. The van der Waals surface area contributed by atoms with Gasteiger partial charge in [-0.25, -0.2) is 4.79 Å². The van der Waals surface area contributed by atoms with Crippen LogP contribution in [0.25, 0.3) is 22.5 Å². The Morgan fingerprint density at radius 2 is 1.86 bits per heavy atom. The molecule has 1 aliphatic rings. The fraction of sp³-hybridized carbons (Fsp3) is 0.192. The second-order valence-corrected chi connectivity index (χ2v) is 9.53. The molecule has 35 heavy (non-hydrogen) atoms. The smallest absolute Gasteiger partial charge is 0.335 e. The average Bonchev–Trinajstić information content (AvgIpc) is 3.42. The first kappa shape index (κ1) is 22.8. The van der Waals surface area contributed by atoms with Crippen LogP contribution in [-0.2, 0) is 11.3 Å². The van der Waals surface area contributed by atoms with E-state index in [-0.39, 0.29) is 16.7 Å². The fourth-order valence-corrected chi connectivity index (χ4v) is 5.57. The molecule has 0 spiro atoms. The van der Waals surface area contributed by atoms with Gasteiger partial charge in [0.1, 0.15) is 0 Å². The number of hydrogen-bond acceptors (Lipinski definition) is 6. The molecule has 0 saturated carbocycles. The highest BCUT2D eigenvalue weighted by Gasteiger charge is 2.33. The second-order valence-electron chi connectivity index (χ2n) is 8.29. The van der Waals surface area contributed by atoms with Crippen LogP contribution in [0.5, 0.6) is 0 Å². The highest BCUT2D eigenvalue weighted by molar-refractivity contribution is 8.01. The minimum atomic E-state index is -1.01. The molecule has 0 radical (unpaired) electrons. The fourth-order valence-electron chi connectivity index (χ4n) is 4.24. The molecule has 4 aromatic rings. The maximum Gasteiger partial charge on any atom is 0.335 e. The maximum absolute atomic E-state index is 13.4. The molecule has 9 heteroatoms. The van der Waals surface area contributed by atoms with Gasteiger partial charge in [-0.1, -0.05) is 61.9 Å². The van der Waals surface area contributed by atoms with Crippen LogP contribution in [0.4, 0.5) is 5.69 Å². The third kappa shape index (κ3) is 4.54. The Hall–Kier alpha value is -3.98. The molecule has 0 fully saturated rings. The lowest BCUT2D eigenvalue weighted by molar-refractivity contribution is -0.118. The SMILES string of the molecule is CCCC1Sc2ccc(C(=O)O)cc2N(Cc2ccc(-c3ccccc3-c3nn[nH]n3)cc2)C1=O. The summed E-state index contributed by atoms with van der Waals surface area (Å²) in [7, 11) is 0. The number of carbonyl (C=O) groups excluding carboxylic acids is 1. The molecule has 3 aromatic carbocycles. The summed E-state index contributed by atoms with van der Waals surface area (Å²) < 4.78 is 0. The van der Waals surface area contributed by atoms with Gasteiger partial charge in [0.2, 0.25) is 11.7 Å². The Morgan fingerprint density at radius 3 is 2.54 bits per heavy atom. The van der Waals surface area contributed by atoms with Gasteiger partial charge < -0.3 is 10.0 Å². The van der Waals surface area contributed by atoms with Crippen molar-refractivity contribution in [1.29, 1.82) is 0 Å². The minimum absolute atomic E-state index is 0.0124. The van der Waals surface area contributed by atoms with E-state index in [1.807, 2.05) is 54.6 Å². The van der Waals surface area contributed by atoms with E-state index in [1.165, 1.54) is 11.8 Å². The molecule has 1 amide bonds. The predicted molar refractivity (Wildman–Crippen MR) is 134 cm³/mol. The molecule has 0 saturated heterocycles. The van der Waals surface area contributed by atoms with Crippen LogP contribution in [0.3, 0.4) is 0 Å². The summed E-state index contributed by atoms with van der Waals surface area (Å²) in [5.41, 5.74) is 4.61. The van der Waals surface area contributed by atoms with Crippen LogP contribution in [0.15, 0.2) is 71.6 Å². The van der Waals surface area contributed by atoms with E-state index in [0.29, 0.717) is 18.1 Å². The van der Waals surface area contributed by atoms with E-state index in [9.17, 15) is 14.7 Å². The number of aromatic carboxylic acids is 1. The second kappa shape index (κ2) is 9.71. The van der Waals surface area contributed by atoms with Gasteiger partial charge in [-0.3, -0.25) is 4.79 Å². The topological polar surface area (TPSA) is 112 Å². The monoisotopic (exact) mass is 485 g/mol. The first-order valence-corrected chi connectivity index (χ1v) is 12.2. The summed E-state index contributed by atoms with van der Waals surface area (Å²) in [5.74, 6) is -0.474. The third-order valence-corrected chi connectivity index (χ3v) is 7.30. The molecule has 0 bridgehead atoms. The minimum Gasteiger partial charge on any atom is -0.478 e. The molecular weight excluding hydrogens is 462 g/mol. The quantitative estimate of drug-likeness (QED) is 0.377.